The summed E-state index contributed by atoms with van der Waals surface area (Å²) in [6, 6.07) is 0.989. The standard InChI is InChI=1S/C13H16BrF3N2O/c14-9-5-10(13(15,16)17)12(19-7-9)20-11-4-2-1-3-8(11)6-18/h5,7-8,11H,1-4,6,18H2. The summed E-state index contributed by atoms with van der Waals surface area (Å²) in [6.45, 7) is 0.419. The van der Waals surface area contributed by atoms with Crippen LogP contribution in [-0.2, 0) is 6.18 Å². The molecule has 112 valence electrons. The van der Waals surface area contributed by atoms with Crippen LogP contribution in [-0.4, -0.2) is 17.6 Å². The van der Waals surface area contributed by atoms with Gasteiger partial charge < -0.3 is 10.5 Å². The second-order valence-electron chi connectivity index (χ2n) is 4.94. The summed E-state index contributed by atoms with van der Waals surface area (Å²) in [5.74, 6) is -0.263. The summed E-state index contributed by atoms with van der Waals surface area (Å²) in [5, 5.41) is 0. The summed E-state index contributed by atoms with van der Waals surface area (Å²) in [6.07, 6.45) is 0.129. The van der Waals surface area contributed by atoms with E-state index in [9.17, 15) is 13.2 Å². The fourth-order valence-corrected chi connectivity index (χ4v) is 2.80. The number of alkyl halides is 3. The van der Waals surface area contributed by atoms with Crippen LogP contribution >= 0.6 is 15.9 Å². The van der Waals surface area contributed by atoms with E-state index in [1.807, 2.05) is 0 Å². The Hall–Kier alpha value is -0.820. The first kappa shape index (κ1) is 15.6. The first-order valence-corrected chi connectivity index (χ1v) is 7.30. The van der Waals surface area contributed by atoms with Crippen molar-refractivity contribution in [3.05, 3.63) is 22.3 Å². The second-order valence-corrected chi connectivity index (χ2v) is 5.86. The Morgan fingerprint density at radius 1 is 1.35 bits per heavy atom. The molecule has 1 fully saturated rings. The van der Waals surface area contributed by atoms with E-state index >= 15 is 0 Å². The predicted molar refractivity (Wildman–Crippen MR) is 72.4 cm³/mol. The van der Waals surface area contributed by atoms with Crippen molar-refractivity contribution in [3.63, 3.8) is 0 Å². The Kier molecular flexibility index (Phi) is 4.90. The number of ether oxygens (including phenoxy) is 1. The molecule has 0 amide bonds. The quantitative estimate of drug-likeness (QED) is 0.900. The molecule has 2 atom stereocenters. The van der Waals surface area contributed by atoms with Gasteiger partial charge in [-0.2, -0.15) is 13.2 Å². The lowest BCUT2D eigenvalue weighted by molar-refractivity contribution is -0.140. The minimum absolute atomic E-state index is 0.0929. The minimum atomic E-state index is -4.49. The Bertz CT molecular complexity index is 467. The molecule has 1 heterocycles. The van der Waals surface area contributed by atoms with E-state index in [0.717, 1.165) is 31.7 Å². The van der Waals surface area contributed by atoms with Crippen LogP contribution < -0.4 is 10.5 Å². The lowest BCUT2D eigenvalue weighted by Gasteiger charge is -2.31. The van der Waals surface area contributed by atoms with E-state index in [1.165, 1.54) is 6.20 Å². The van der Waals surface area contributed by atoms with Gasteiger partial charge in [-0.05, 0) is 47.8 Å². The van der Waals surface area contributed by atoms with Crippen LogP contribution in [0.4, 0.5) is 13.2 Å². The highest BCUT2D eigenvalue weighted by atomic mass is 79.9. The monoisotopic (exact) mass is 352 g/mol. The molecule has 7 heteroatoms. The predicted octanol–water partition coefficient (Wildman–Crippen LogP) is 3.76. The molecule has 20 heavy (non-hydrogen) atoms. The Balaban J connectivity index is 2.24. The van der Waals surface area contributed by atoms with Gasteiger partial charge in [0.2, 0.25) is 5.88 Å². The molecule has 1 aliphatic rings. The second kappa shape index (κ2) is 6.30. The molecule has 3 nitrogen and oxygen atoms in total. The van der Waals surface area contributed by atoms with Gasteiger partial charge in [0.05, 0.1) is 0 Å². The van der Waals surface area contributed by atoms with Gasteiger partial charge in [0.15, 0.2) is 0 Å². The van der Waals surface area contributed by atoms with Crippen LogP contribution in [0.15, 0.2) is 16.7 Å². The van der Waals surface area contributed by atoms with Crippen molar-refractivity contribution in [1.29, 1.82) is 0 Å². The zero-order valence-electron chi connectivity index (χ0n) is 10.8. The summed E-state index contributed by atoms with van der Waals surface area (Å²) in [7, 11) is 0. The van der Waals surface area contributed by atoms with Crippen LogP contribution in [0.3, 0.4) is 0 Å². The molecule has 1 aliphatic carbocycles. The topological polar surface area (TPSA) is 48.1 Å². The highest BCUT2D eigenvalue weighted by molar-refractivity contribution is 9.10. The zero-order chi connectivity index (χ0) is 14.8. The highest BCUT2D eigenvalue weighted by Gasteiger charge is 2.37. The summed E-state index contributed by atoms with van der Waals surface area (Å²) >= 11 is 3.00. The first-order chi connectivity index (χ1) is 9.41. The zero-order valence-corrected chi connectivity index (χ0v) is 12.4. The van der Waals surface area contributed by atoms with Crippen LogP contribution in [0.2, 0.25) is 0 Å². The van der Waals surface area contributed by atoms with E-state index in [2.05, 4.69) is 20.9 Å². The van der Waals surface area contributed by atoms with E-state index in [1.54, 1.807) is 0 Å². The van der Waals surface area contributed by atoms with Gasteiger partial charge in [-0.15, -0.1) is 0 Å². The highest BCUT2D eigenvalue weighted by Crippen LogP contribution is 2.38. The third-order valence-corrected chi connectivity index (χ3v) is 3.96. The smallest absolute Gasteiger partial charge is 0.421 e. The van der Waals surface area contributed by atoms with Crippen molar-refractivity contribution < 1.29 is 17.9 Å². The fourth-order valence-electron chi connectivity index (χ4n) is 2.47. The average molecular weight is 353 g/mol. The van der Waals surface area contributed by atoms with Crippen molar-refractivity contribution in [3.8, 4) is 5.88 Å². The van der Waals surface area contributed by atoms with Crippen LogP contribution in [0, 0.1) is 5.92 Å². The van der Waals surface area contributed by atoms with Gasteiger partial charge in [-0.3, -0.25) is 0 Å². The molecule has 2 N–H and O–H groups in total. The van der Waals surface area contributed by atoms with Gasteiger partial charge in [0, 0.05) is 16.6 Å². The van der Waals surface area contributed by atoms with E-state index in [4.69, 9.17) is 10.5 Å². The maximum Gasteiger partial charge on any atom is 0.421 e. The van der Waals surface area contributed by atoms with Gasteiger partial charge in [-0.1, -0.05) is 6.42 Å². The molecule has 0 bridgehead atoms. The molecule has 2 rings (SSSR count). The minimum Gasteiger partial charge on any atom is -0.474 e. The number of nitrogens with zero attached hydrogens (tertiary/aromatic N) is 1. The van der Waals surface area contributed by atoms with Crippen molar-refractivity contribution in [2.75, 3.05) is 6.54 Å². The molecule has 0 spiro atoms. The number of hydrogen-bond acceptors (Lipinski definition) is 3. The number of aromatic nitrogens is 1. The van der Waals surface area contributed by atoms with E-state index in [0.29, 0.717) is 6.54 Å². The molecule has 0 radical (unpaired) electrons. The summed E-state index contributed by atoms with van der Waals surface area (Å²) in [5.41, 5.74) is 4.81. The Morgan fingerprint density at radius 3 is 2.70 bits per heavy atom. The number of nitrogens with two attached hydrogens (primary N) is 1. The summed E-state index contributed by atoms with van der Waals surface area (Å²) < 4.78 is 44.8. The molecular weight excluding hydrogens is 337 g/mol. The Labute approximate surface area is 123 Å². The molecule has 2 unspecified atom stereocenters. The lowest BCUT2D eigenvalue weighted by atomic mass is 9.86. The normalized spacial score (nSPS) is 23.6. The van der Waals surface area contributed by atoms with E-state index < -0.39 is 11.7 Å². The van der Waals surface area contributed by atoms with Crippen LogP contribution in [0.1, 0.15) is 31.2 Å². The van der Waals surface area contributed by atoms with Gasteiger partial charge in [-0.25, -0.2) is 4.98 Å². The molecule has 1 aromatic heterocycles. The van der Waals surface area contributed by atoms with Crippen LogP contribution in [0.5, 0.6) is 5.88 Å². The number of hydrogen-bond donors (Lipinski definition) is 1. The molecule has 1 saturated carbocycles. The molecule has 0 aromatic carbocycles. The fraction of sp³-hybridized carbons (Fsp3) is 0.615. The van der Waals surface area contributed by atoms with Crippen molar-refractivity contribution in [2.45, 2.75) is 38.0 Å². The third-order valence-electron chi connectivity index (χ3n) is 3.53. The van der Waals surface area contributed by atoms with Gasteiger partial charge in [0.25, 0.3) is 0 Å². The van der Waals surface area contributed by atoms with Crippen LogP contribution in [0.25, 0.3) is 0 Å². The van der Waals surface area contributed by atoms with Crippen molar-refractivity contribution in [2.24, 2.45) is 11.7 Å². The van der Waals surface area contributed by atoms with Crippen molar-refractivity contribution >= 4 is 15.9 Å². The molecule has 0 aliphatic heterocycles. The van der Waals surface area contributed by atoms with E-state index in [-0.39, 0.29) is 22.4 Å². The molecular formula is C13H16BrF3N2O. The number of pyridine rings is 1. The number of halogens is 4. The Morgan fingerprint density at radius 2 is 2.05 bits per heavy atom. The van der Waals surface area contributed by atoms with Gasteiger partial charge >= 0.3 is 6.18 Å². The summed E-state index contributed by atoms with van der Waals surface area (Å²) in [4.78, 5) is 3.78. The molecule has 0 saturated heterocycles. The average Bonchev–Trinajstić information content (AvgIpc) is 2.40. The third kappa shape index (κ3) is 3.63. The first-order valence-electron chi connectivity index (χ1n) is 6.51. The number of rotatable bonds is 3. The maximum atomic E-state index is 13.0. The lowest BCUT2D eigenvalue weighted by Crippen LogP contribution is -2.36. The van der Waals surface area contributed by atoms with Crippen molar-refractivity contribution in [1.82, 2.24) is 4.98 Å². The molecule has 1 aromatic rings. The van der Waals surface area contributed by atoms with Gasteiger partial charge in [0.1, 0.15) is 11.7 Å². The SMILES string of the molecule is NCC1CCCCC1Oc1ncc(Br)cc1C(F)(F)F. The largest absolute Gasteiger partial charge is 0.474 e. The maximum absolute atomic E-state index is 13.0.